The van der Waals surface area contributed by atoms with E-state index in [1.54, 1.807) is 0 Å². The normalized spacial score (nSPS) is 11.1. The van der Waals surface area contributed by atoms with Gasteiger partial charge >= 0.3 is 0 Å². The molecule has 1 aromatic carbocycles. The molecule has 0 amide bonds. The van der Waals surface area contributed by atoms with Crippen LogP contribution in [-0.4, -0.2) is 75.5 Å². The molecule has 0 fully saturated rings. The molecule has 0 spiro atoms. The maximum Gasteiger partial charge on any atom is 0.162 e. The predicted octanol–water partition coefficient (Wildman–Crippen LogP) is 3.42. The Labute approximate surface area is 172 Å². The van der Waals surface area contributed by atoms with Crippen molar-refractivity contribution in [3.8, 4) is 35.2 Å². The Balaban J connectivity index is 2.54. The molecule has 0 saturated heterocycles. The minimum atomic E-state index is 0.363. The topological polar surface area (TPSA) is 18.5 Å². The summed E-state index contributed by atoms with van der Waals surface area (Å²) in [7, 11) is 4.45. The zero-order chi connectivity index (χ0) is 20.9. The van der Waals surface area contributed by atoms with E-state index in [1.807, 2.05) is 24.3 Å². The summed E-state index contributed by atoms with van der Waals surface area (Å²) in [5.74, 6) is 14.1. The lowest BCUT2D eigenvalue weighted by Gasteiger charge is -2.29. The molecule has 1 aromatic rings. The first-order valence-electron chi connectivity index (χ1n) is 10.3. The van der Waals surface area contributed by atoms with Crippen molar-refractivity contribution >= 4 is 0 Å². The minimum absolute atomic E-state index is 0.363. The van der Waals surface area contributed by atoms with Crippen LogP contribution in [0.15, 0.2) is 24.3 Å². The minimum Gasteiger partial charge on any atom is -0.477 e. The molecule has 0 atom stereocenters. The monoisotopic (exact) mass is 386 g/mol. The fraction of sp³-hybridized carbons (Fsp3) is 0.583. The van der Waals surface area contributed by atoms with Crippen LogP contribution in [0.5, 0.6) is 11.5 Å². The van der Waals surface area contributed by atoms with Crippen molar-refractivity contribution in [1.82, 2.24) is 0 Å². The standard InChI is InChI=1S/C24H38N2O2/c1-7-25(5,8-2)19-13-15-21-27-23-17-11-12-18-24(23)28-22-16-14-20-26(6,9-3)10-4/h11-12,17-18H,7-10,19-22H2,1-6H3/q+2. The predicted molar refractivity (Wildman–Crippen MR) is 117 cm³/mol. The number of hydrogen-bond acceptors (Lipinski definition) is 2. The zero-order valence-electron chi connectivity index (χ0n) is 18.7. The number of hydrogen-bond donors (Lipinski definition) is 0. The fourth-order valence-electron chi connectivity index (χ4n) is 2.41. The van der Waals surface area contributed by atoms with Gasteiger partial charge in [0.15, 0.2) is 11.5 Å². The fourth-order valence-corrected chi connectivity index (χ4v) is 2.41. The highest BCUT2D eigenvalue weighted by molar-refractivity contribution is 5.40. The number of ether oxygens (including phenoxy) is 2. The number of benzene rings is 1. The lowest BCUT2D eigenvalue weighted by Crippen LogP contribution is -2.43. The van der Waals surface area contributed by atoms with Gasteiger partial charge in [-0.1, -0.05) is 24.0 Å². The Bertz CT molecular complexity index is 638. The van der Waals surface area contributed by atoms with Crippen molar-refractivity contribution in [2.75, 3.05) is 66.6 Å². The van der Waals surface area contributed by atoms with Crippen LogP contribution in [0.1, 0.15) is 27.7 Å². The van der Waals surface area contributed by atoms with E-state index in [0.29, 0.717) is 24.7 Å². The van der Waals surface area contributed by atoms with Gasteiger partial charge in [0.2, 0.25) is 0 Å². The molecule has 0 aliphatic rings. The van der Waals surface area contributed by atoms with E-state index < -0.39 is 0 Å². The summed E-state index contributed by atoms with van der Waals surface area (Å²) in [6.07, 6.45) is 0. The van der Waals surface area contributed by atoms with Crippen LogP contribution in [0.4, 0.5) is 0 Å². The van der Waals surface area contributed by atoms with Crippen LogP contribution in [0, 0.1) is 23.7 Å². The Hall–Kier alpha value is -2.14. The summed E-state index contributed by atoms with van der Waals surface area (Å²) in [6, 6.07) is 7.69. The van der Waals surface area contributed by atoms with Gasteiger partial charge in [-0.2, -0.15) is 0 Å². The van der Waals surface area contributed by atoms with Crippen LogP contribution in [0.25, 0.3) is 0 Å². The molecule has 0 N–H and O–H groups in total. The molecule has 0 aliphatic carbocycles. The van der Waals surface area contributed by atoms with E-state index in [9.17, 15) is 0 Å². The highest BCUT2D eigenvalue weighted by atomic mass is 16.5. The maximum absolute atomic E-state index is 5.81. The van der Waals surface area contributed by atoms with Gasteiger partial charge in [-0.3, -0.25) is 0 Å². The van der Waals surface area contributed by atoms with Gasteiger partial charge in [-0.25, -0.2) is 0 Å². The van der Waals surface area contributed by atoms with Gasteiger partial charge in [-0.15, -0.1) is 0 Å². The van der Waals surface area contributed by atoms with E-state index in [1.165, 1.54) is 0 Å². The Morgan fingerprint density at radius 1 is 0.643 bits per heavy atom. The first-order valence-corrected chi connectivity index (χ1v) is 10.3. The Morgan fingerprint density at radius 3 is 1.32 bits per heavy atom. The molecule has 0 aromatic heterocycles. The lowest BCUT2D eigenvalue weighted by molar-refractivity contribution is -0.899. The second-order valence-corrected chi connectivity index (χ2v) is 7.55. The van der Waals surface area contributed by atoms with E-state index >= 15 is 0 Å². The van der Waals surface area contributed by atoms with Crippen LogP contribution in [0.3, 0.4) is 0 Å². The molecule has 28 heavy (non-hydrogen) atoms. The zero-order valence-corrected chi connectivity index (χ0v) is 18.7. The van der Waals surface area contributed by atoms with E-state index in [2.05, 4.69) is 65.5 Å². The summed E-state index contributed by atoms with van der Waals surface area (Å²) in [5.41, 5.74) is 0. The van der Waals surface area contributed by atoms with E-state index in [-0.39, 0.29) is 0 Å². The van der Waals surface area contributed by atoms with Gasteiger partial charge in [0.1, 0.15) is 26.3 Å². The Kier molecular flexibility index (Phi) is 10.5. The number of para-hydroxylation sites is 2. The SMILES string of the molecule is CC[N+](C)(CC)CC#CCOc1ccccc1OCC#CC[N+](C)(CC)CC. The molecular formula is C24H38N2O2+2. The molecule has 0 saturated carbocycles. The highest BCUT2D eigenvalue weighted by Crippen LogP contribution is 2.26. The molecule has 0 bridgehead atoms. The third kappa shape index (κ3) is 8.26. The molecule has 4 heteroatoms. The average Bonchev–Trinajstić information content (AvgIpc) is 2.73. The average molecular weight is 387 g/mol. The summed E-state index contributed by atoms with van der Waals surface area (Å²) < 4.78 is 13.5. The number of nitrogens with zero attached hydrogens (tertiary/aromatic N) is 2. The Morgan fingerprint density at radius 2 is 1.00 bits per heavy atom. The third-order valence-electron chi connectivity index (χ3n) is 5.67. The largest absolute Gasteiger partial charge is 0.477 e. The molecule has 0 heterocycles. The van der Waals surface area contributed by atoms with Crippen molar-refractivity contribution in [3.63, 3.8) is 0 Å². The van der Waals surface area contributed by atoms with Crippen molar-refractivity contribution in [2.24, 2.45) is 0 Å². The molecular weight excluding hydrogens is 348 g/mol. The summed E-state index contributed by atoms with van der Waals surface area (Å²) in [6.45, 7) is 15.5. The second kappa shape index (κ2) is 12.3. The second-order valence-electron chi connectivity index (χ2n) is 7.55. The van der Waals surface area contributed by atoms with Crippen LogP contribution < -0.4 is 9.47 Å². The van der Waals surface area contributed by atoms with E-state index in [0.717, 1.165) is 48.2 Å². The van der Waals surface area contributed by atoms with Crippen molar-refractivity contribution in [1.29, 1.82) is 0 Å². The first kappa shape index (κ1) is 23.9. The van der Waals surface area contributed by atoms with E-state index in [4.69, 9.17) is 9.47 Å². The van der Waals surface area contributed by atoms with Crippen molar-refractivity contribution in [2.45, 2.75) is 27.7 Å². The molecule has 154 valence electrons. The molecule has 0 radical (unpaired) electrons. The first-order chi connectivity index (χ1) is 13.4. The summed E-state index contributed by atoms with van der Waals surface area (Å²) in [5, 5.41) is 0. The van der Waals surface area contributed by atoms with Gasteiger partial charge in [0.05, 0.1) is 40.3 Å². The van der Waals surface area contributed by atoms with Crippen LogP contribution in [-0.2, 0) is 0 Å². The van der Waals surface area contributed by atoms with Crippen molar-refractivity contribution in [3.05, 3.63) is 24.3 Å². The molecule has 0 unspecified atom stereocenters. The maximum atomic E-state index is 5.81. The highest BCUT2D eigenvalue weighted by Gasteiger charge is 2.14. The number of quaternary nitrogens is 2. The number of rotatable bonds is 10. The quantitative estimate of drug-likeness (QED) is 0.453. The smallest absolute Gasteiger partial charge is 0.162 e. The molecule has 4 nitrogen and oxygen atoms in total. The van der Waals surface area contributed by atoms with Crippen LogP contribution >= 0.6 is 0 Å². The third-order valence-corrected chi connectivity index (χ3v) is 5.67. The van der Waals surface area contributed by atoms with Gasteiger partial charge < -0.3 is 18.4 Å². The van der Waals surface area contributed by atoms with Crippen LogP contribution in [0.2, 0.25) is 0 Å². The molecule has 0 aliphatic heterocycles. The lowest BCUT2D eigenvalue weighted by atomic mass is 10.3. The summed E-state index contributed by atoms with van der Waals surface area (Å²) in [4.78, 5) is 0. The van der Waals surface area contributed by atoms with Gasteiger partial charge in [0, 0.05) is 0 Å². The van der Waals surface area contributed by atoms with Gasteiger partial charge in [0.25, 0.3) is 0 Å². The molecule has 1 rings (SSSR count). The summed E-state index contributed by atoms with van der Waals surface area (Å²) >= 11 is 0. The van der Waals surface area contributed by atoms with Gasteiger partial charge in [-0.05, 0) is 51.7 Å². The van der Waals surface area contributed by atoms with Crippen molar-refractivity contribution < 1.29 is 18.4 Å².